The molecule has 2 fully saturated rings. The standard InChI is InChI=1S/C20H35N5/c1-3-21-19(23-12-7-8-14-24-16-13-22-18(24)2)25-15-11-20(17-25)9-5-4-6-10-20/h13,16H,3-12,14-15,17H2,1-2H3,(H,21,23). The molecule has 1 aliphatic carbocycles. The summed E-state index contributed by atoms with van der Waals surface area (Å²) in [7, 11) is 0. The molecule has 1 spiro atoms. The van der Waals surface area contributed by atoms with Gasteiger partial charge in [0.2, 0.25) is 0 Å². The Morgan fingerprint density at radius 3 is 2.80 bits per heavy atom. The average Bonchev–Trinajstić information content (AvgIpc) is 3.21. The van der Waals surface area contributed by atoms with Crippen molar-refractivity contribution in [3.8, 4) is 0 Å². The molecule has 3 rings (SSSR count). The van der Waals surface area contributed by atoms with Crippen LogP contribution in [-0.4, -0.2) is 46.6 Å². The monoisotopic (exact) mass is 345 g/mol. The molecule has 5 nitrogen and oxygen atoms in total. The van der Waals surface area contributed by atoms with Crippen molar-refractivity contribution < 1.29 is 0 Å². The van der Waals surface area contributed by atoms with Crippen molar-refractivity contribution in [1.29, 1.82) is 0 Å². The van der Waals surface area contributed by atoms with Crippen LogP contribution in [0.15, 0.2) is 17.4 Å². The zero-order valence-electron chi connectivity index (χ0n) is 16.1. The molecule has 2 aliphatic rings. The van der Waals surface area contributed by atoms with Crippen LogP contribution in [0.25, 0.3) is 0 Å². The van der Waals surface area contributed by atoms with E-state index in [1.54, 1.807) is 0 Å². The molecular weight excluding hydrogens is 310 g/mol. The van der Waals surface area contributed by atoms with Gasteiger partial charge in [0.15, 0.2) is 5.96 Å². The number of hydrogen-bond donors (Lipinski definition) is 1. The summed E-state index contributed by atoms with van der Waals surface area (Å²) in [6.07, 6.45) is 14.7. The number of aliphatic imine (C=N–C) groups is 1. The predicted octanol–water partition coefficient (Wildman–Crippen LogP) is 3.59. The summed E-state index contributed by atoms with van der Waals surface area (Å²) in [5.74, 6) is 2.25. The Kier molecular flexibility index (Phi) is 6.38. The Morgan fingerprint density at radius 1 is 1.24 bits per heavy atom. The van der Waals surface area contributed by atoms with Crippen molar-refractivity contribution in [2.45, 2.75) is 71.8 Å². The lowest BCUT2D eigenvalue weighted by molar-refractivity contribution is 0.203. The van der Waals surface area contributed by atoms with E-state index in [9.17, 15) is 0 Å². The number of imidazole rings is 1. The Labute approximate surface area is 152 Å². The lowest BCUT2D eigenvalue weighted by Crippen LogP contribution is -2.41. The molecule has 0 radical (unpaired) electrons. The summed E-state index contributed by atoms with van der Waals surface area (Å²) < 4.78 is 2.22. The Bertz CT molecular complexity index is 556. The molecular formula is C20H35N5. The number of aryl methyl sites for hydroxylation is 2. The van der Waals surface area contributed by atoms with Gasteiger partial charge in [-0.25, -0.2) is 4.98 Å². The number of nitrogens with one attached hydrogen (secondary N) is 1. The molecule has 0 amide bonds. The second-order valence-electron chi connectivity index (χ2n) is 7.84. The van der Waals surface area contributed by atoms with E-state index in [-0.39, 0.29) is 0 Å². The molecule has 1 aromatic heterocycles. The zero-order chi connectivity index (χ0) is 17.5. The van der Waals surface area contributed by atoms with Gasteiger partial charge >= 0.3 is 0 Å². The van der Waals surface area contributed by atoms with Gasteiger partial charge in [0, 0.05) is 45.1 Å². The number of unbranched alkanes of at least 4 members (excludes halogenated alkanes) is 1. The number of aromatic nitrogens is 2. The highest BCUT2D eigenvalue weighted by atomic mass is 15.3. The topological polar surface area (TPSA) is 45.5 Å². The summed E-state index contributed by atoms with van der Waals surface area (Å²) in [5, 5.41) is 3.52. The van der Waals surface area contributed by atoms with Gasteiger partial charge in [-0.05, 0) is 51.4 Å². The highest BCUT2D eigenvalue weighted by Crippen LogP contribution is 2.43. The van der Waals surface area contributed by atoms with Crippen LogP contribution in [0.3, 0.4) is 0 Å². The van der Waals surface area contributed by atoms with Gasteiger partial charge in [-0.1, -0.05) is 19.3 Å². The number of hydrogen-bond acceptors (Lipinski definition) is 2. The molecule has 1 saturated heterocycles. The van der Waals surface area contributed by atoms with Crippen molar-refractivity contribution in [1.82, 2.24) is 19.8 Å². The number of likely N-dealkylation sites (tertiary alicyclic amines) is 1. The van der Waals surface area contributed by atoms with Crippen LogP contribution in [0.4, 0.5) is 0 Å². The summed E-state index contributed by atoms with van der Waals surface area (Å²) >= 11 is 0. The molecule has 0 unspecified atom stereocenters. The molecule has 1 saturated carbocycles. The first kappa shape index (κ1) is 18.3. The van der Waals surface area contributed by atoms with Crippen molar-refractivity contribution in [3.63, 3.8) is 0 Å². The van der Waals surface area contributed by atoms with E-state index in [0.717, 1.165) is 44.3 Å². The molecule has 0 bridgehead atoms. The normalized spacial score (nSPS) is 20.4. The minimum Gasteiger partial charge on any atom is -0.357 e. The molecule has 5 heteroatoms. The number of rotatable bonds is 6. The quantitative estimate of drug-likeness (QED) is 0.487. The van der Waals surface area contributed by atoms with Crippen LogP contribution in [-0.2, 0) is 6.54 Å². The smallest absolute Gasteiger partial charge is 0.193 e. The minimum atomic E-state index is 0.591. The van der Waals surface area contributed by atoms with Gasteiger partial charge in [0.25, 0.3) is 0 Å². The molecule has 0 atom stereocenters. The van der Waals surface area contributed by atoms with Gasteiger partial charge in [-0.15, -0.1) is 0 Å². The van der Waals surface area contributed by atoms with Crippen molar-refractivity contribution >= 4 is 5.96 Å². The third kappa shape index (κ3) is 4.77. The van der Waals surface area contributed by atoms with Crippen LogP contribution >= 0.6 is 0 Å². The summed E-state index contributed by atoms with van der Waals surface area (Å²) in [6.45, 7) is 9.55. The number of nitrogens with zero attached hydrogens (tertiary/aromatic N) is 4. The van der Waals surface area contributed by atoms with Crippen molar-refractivity contribution in [2.24, 2.45) is 10.4 Å². The van der Waals surface area contributed by atoms with Gasteiger partial charge in [0.05, 0.1) is 0 Å². The van der Waals surface area contributed by atoms with E-state index in [0.29, 0.717) is 5.41 Å². The van der Waals surface area contributed by atoms with Gasteiger partial charge in [0.1, 0.15) is 5.82 Å². The minimum absolute atomic E-state index is 0.591. The predicted molar refractivity (Wildman–Crippen MR) is 104 cm³/mol. The molecule has 25 heavy (non-hydrogen) atoms. The van der Waals surface area contributed by atoms with E-state index < -0.39 is 0 Å². The maximum absolute atomic E-state index is 4.92. The summed E-state index contributed by atoms with van der Waals surface area (Å²) in [4.78, 5) is 11.7. The third-order valence-corrected chi connectivity index (χ3v) is 5.98. The highest BCUT2D eigenvalue weighted by Gasteiger charge is 2.39. The summed E-state index contributed by atoms with van der Waals surface area (Å²) in [6, 6.07) is 0. The number of guanidine groups is 1. The first-order valence-electron chi connectivity index (χ1n) is 10.2. The molecule has 1 N–H and O–H groups in total. The van der Waals surface area contributed by atoms with Crippen molar-refractivity contribution in [3.05, 3.63) is 18.2 Å². The molecule has 1 aliphatic heterocycles. The molecule has 140 valence electrons. The van der Waals surface area contributed by atoms with Crippen molar-refractivity contribution in [2.75, 3.05) is 26.2 Å². The van der Waals surface area contributed by atoms with Crippen LogP contribution in [0.2, 0.25) is 0 Å². The first-order chi connectivity index (χ1) is 12.2. The van der Waals surface area contributed by atoms with Gasteiger partial charge < -0.3 is 14.8 Å². The fourth-order valence-corrected chi connectivity index (χ4v) is 4.47. The Balaban J connectivity index is 1.47. The van der Waals surface area contributed by atoms with Crippen LogP contribution in [0.5, 0.6) is 0 Å². The lowest BCUT2D eigenvalue weighted by Gasteiger charge is -2.33. The van der Waals surface area contributed by atoms with Gasteiger partial charge in [-0.2, -0.15) is 0 Å². The maximum Gasteiger partial charge on any atom is 0.193 e. The first-order valence-corrected chi connectivity index (χ1v) is 10.2. The SMILES string of the molecule is CCNC(=NCCCCn1ccnc1C)N1CCC2(CCCCC2)C1. The average molecular weight is 346 g/mol. The fraction of sp³-hybridized carbons (Fsp3) is 0.800. The largest absolute Gasteiger partial charge is 0.357 e. The lowest BCUT2D eigenvalue weighted by atomic mass is 9.73. The zero-order valence-corrected chi connectivity index (χ0v) is 16.1. The fourth-order valence-electron chi connectivity index (χ4n) is 4.47. The van der Waals surface area contributed by atoms with E-state index >= 15 is 0 Å². The van der Waals surface area contributed by atoms with Crippen LogP contribution in [0.1, 0.15) is 64.1 Å². The molecule has 1 aromatic rings. The van der Waals surface area contributed by atoms with E-state index in [2.05, 4.69) is 39.8 Å². The third-order valence-electron chi connectivity index (χ3n) is 5.98. The summed E-state index contributed by atoms with van der Waals surface area (Å²) in [5.41, 5.74) is 0.591. The molecule has 2 heterocycles. The van der Waals surface area contributed by atoms with E-state index in [1.807, 2.05) is 6.20 Å². The second kappa shape index (κ2) is 8.72. The van der Waals surface area contributed by atoms with Crippen LogP contribution < -0.4 is 5.32 Å². The van der Waals surface area contributed by atoms with Gasteiger partial charge in [-0.3, -0.25) is 4.99 Å². The van der Waals surface area contributed by atoms with E-state index in [4.69, 9.17) is 4.99 Å². The Hall–Kier alpha value is -1.52. The maximum atomic E-state index is 4.92. The van der Waals surface area contributed by atoms with E-state index in [1.165, 1.54) is 51.6 Å². The second-order valence-corrected chi connectivity index (χ2v) is 7.84. The Morgan fingerprint density at radius 2 is 2.08 bits per heavy atom. The molecule has 0 aromatic carbocycles. The van der Waals surface area contributed by atoms with Crippen LogP contribution in [0, 0.1) is 12.3 Å². The highest BCUT2D eigenvalue weighted by molar-refractivity contribution is 5.80.